The predicted octanol–water partition coefficient (Wildman–Crippen LogP) is 7.53. The largest absolute Gasteiger partial charge is 0.455 e. The van der Waals surface area contributed by atoms with Crippen LogP contribution in [0.4, 0.5) is 96.6 Å². The van der Waals surface area contributed by atoms with Crippen LogP contribution < -0.4 is 0 Å². The molecule has 216 valence electrons. The standard InChI is InChI=1S/C12HClF22O/c13-5(20)2(15,16)1(14)3(17,18)36-10(29,12(33,34)35)7(23,24)4(19,11(30,31)32)6(21,22)9(27,28)8(5,25)26/h1H. The van der Waals surface area contributed by atoms with Crippen molar-refractivity contribution in [3.05, 3.63) is 0 Å². The molecule has 0 bridgehead atoms. The van der Waals surface area contributed by atoms with Crippen LogP contribution in [0.25, 0.3) is 0 Å². The Bertz CT molecular complexity index is 856. The first-order valence-corrected chi connectivity index (χ1v) is 7.99. The zero-order chi connectivity index (χ0) is 29.8. The molecule has 4 unspecified atom stereocenters. The number of hydrogen-bond donors (Lipinski definition) is 0. The Labute approximate surface area is 185 Å². The van der Waals surface area contributed by atoms with E-state index >= 15 is 0 Å². The summed E-state index contributed by atoms with van der Waals surface area (Å²) in [4.78, 5) is 0. The Hall–Kier alpha value is -1.29. The molecule has 0 radical (unpaired) electrons. The second-order valence-electron chi connectivity index (χ2n) is 6.77. The first-order chi connectivity index (χ1) is 15.1. The van der Waals surface area contributed by atoms with Gasteiger partial charge < -0.3 is 0 Å². The summed E-state index contributed by atoms with van der Waals surface area (Å²) in [6.45, 7) is 0. The summed E-state index contributed by atoms with van der Waals surface area (Å²) in [5, 5.41) is -7.93. The third kappa shape index (κ3) is 3.45. The van der Waals surface area contributed by atoms with Crippen molar-refractivity contribution in [2.45, 2.75) is 70.9 Å². The fraction of sp³-hybridized carbons (Fsp3) is 1.00. The van der Waals surface area contributed by atoms with E-state index in [0.717, 1.165) is 0 Å². The van der Waals surface area contributed by atoms with E-state index in [2.05, 4.69) is 11.6 Å². The van der Waals surface area contributed by atoms with E-state index < -0.39 is 70.9 Å². The number of rotatable bonds is 0. The van der Waals surface area contributed by atoms with E-state index in [1.54, 1.807) is 0 Å². The van der Waals surface area contributed by atoms with E-state index in [0.29, 0.717) is 0 Å². The molecule has 0 N–H and O–H groups in total. The molecule has 1 saturated heterocycles. The third-order valence-electron chi connectivity index (χ3n) is 4.52. The molecule has 0 spiro atoms. The van der Waals surface area contributed by atoms with Gasteiger partial charge in [0.2, 0.25) is 0 Å². The summed E-state index contributed by atoms with van der Waals surface area (Å²) in [6, 6.07) is 0. The number of halogens is 23. The predicted molar refractivity (Wildman–Crippen MR) is 65.1 cm³/mol. The minimum Gasteiger partial charge on any atom is -0.267 e. The van der Waals surface area contributed by atoms with Gasteiger partial charge in [-0.1, -0.05) is 11.6 Å². The molecule has 1 heterocycles. The van der Waals surface area contributed by atoms with Crippen molar-refractivity contribution in [1.29, 1.82) is 0 Å². The van der Waals surface area contributed by atoms with Gasteiger partial charge >= 0.3 is 64.7 Å². The molecule has 0 saturated carbocycles. The highest BCUT2D eigenvalue weighted by Crippen LogP contribution is 2.70. The molecule has 0 amide bonds. The Morgan fingerprint density at radius 3 is 1.19 bits per heavy atom. The van der Waals surface area contributed by atoms with Gasteiger partial charge in [-0.25, -0.2) is 13.2 Å². The van der Waals surface area contributed by atoms with Crippen LogP contribution in [0.3, 0.4) is 0 Å². The first kappa shape index (κ1) is 32.7. The van der Waals surface area contributed by atoms with Crippen molar-refractivity contribution >= 4 is 11.6 Å². The molecule has 1 nitrogen and oxygen atoms in total. The van der Waals surface area contributed by atoms with E-state index in [1.165, 1.54) is 4.74 Å². The van der Waals surface area contributed by atoms with Crippen molar-refractivity contribution in [3.8, 4) is 0 Å². The number of hydrogen-bond acceptors (Lipinski definition) is 1. The van der Waals surface area contributed by atoms with Crippen LogP contribution in [-0.4, -0.2) is 70.9 Å². The topological polar surface area (TPSA) is 9.23 Å². The monoisotopic (exact) mass is 614 g/mol. The molecule has 4 atom stereocenters. The van der Waals surface area contributed by atoms with E-state index in [4.69, 9.17) is 0 Å². The normalized spacial score (nSPS) is 40.2. The summed E-state index contributed by atoms with van der Waals surface area (Å²) in [7, 11) is 0. The average Bonchev–Trinajstić information content (AvgIpc) is 2.62. The van der Waals surface area contributed by atoms with Crippen molar-refractivity contribution < 1.29 is 101 Å². The summed E-state index contributed by atoms with van der Waals surface area (Å²) < 4.78 is 299. The Kier molecular flexibility index (Phi) is 6.95. The SMILES string of the molecule is FC1C(F)(F)OC(F)(C(F)(F)F)C(F)(F)C(F)(C(F)(F)F)C(F)(F)C(F)(F)C(F)(F)C(F)(Cl)C1(F)F. The van der Waals surface area contributed by atoms with Gasteiger partial charge in [0, 0.05) is 0 Å². The van der Waals surface area contributed by atoms with Crippen LogP contribution in [0.5, 0.6) is 0 Å². The molecule has 1 aliphatic heterocycles. The highest BCUT2D eigenvalue weighted by atomic mass is 35.5. The second-order valence-corrected chi connectivity index (χ2v) is 7.29. The van der Waals surface area contributed by atoms with Crippen LogP contribution in [0.1, 0.15) is 0 Å². The van der Waals surface area contributed by atoms with Crippen LogP contribution in [-0.2, 0) is 4.74 Å². The van der Waals surface area contributed by atoms with Gasteiger partial charge in [-0.3, -0.25) is 4.74 Å². The van der Waals surface area contributed by atoms with Crippen LogP contribution in [0.2, 0.25) is 0 Å². The van der Waals surface area contributed by atoms with Gasteiger partial charge in [-0.2, -0.15) is 83.4 Å². The van der Waals surface area contributed by atoms with Crippen molar-refractivity contribution in [3.63, 3.8) is 0 Å². The van der Waals surface area contributed by atoms with E-state index in [1.807, 2.05) is 0 Å². The van der Waals surface area contributed by atoms with Crippen LogP contribution in [0.15, 0.2) is 0 Å². The summed E-state index contributed by atoms with van der Waals surface area (Å²) in [6.07, 6.45) is -32.2. The number of ether oxygens (including phenoxy) is 1. The summed E-state index contributed by atoms with van der Waals surface area (Å²) in [5.74, 6) is -53.6. The molecule has 1 fully saturated rings. The van der Waals surface area contributed by atoms with Gasteiger partial charge in [0.15, 0.2) is 0 Å². The molecule has 1 rings (SSSR count). The molecule has 24 heteroatoms. The Morgan fingerprint density at radius 1 is 0.528 bits per heavy atom. The molecule has 0 aromatic heterocycles. The minimum atomic E-state index is -9.50. The third-order valence-corrected chi connectivity index (χ3v) is 5.01. The minimum absolute atomic E-state index is 1.18. The summed E-state index contributed by atoms with van der Waals surface area (Å²) >= 11 is 3.47. The molecule has 0 aliphatic carbocycles. The van der Waals surface area contributed by atoms with Crippen molar-refractivity contribution in [1.82, 2.24) is 0 Å². The lowest BCUT2D eigenvalue weighted by Gasteiger charge is -2.48. The maximum atomic E-state index is 14.2. The summed E-state index contributed by atoms with van der Waals surface area (Å²) in [5.41, 5.74) is -9.50. The lowest BCUT2D eigenvalue weighted by molar-refractivity contribution is -0.513. The quantitative estimate of drug-likeness (QED) is 0.203. The van der Waals surface area contributed by atoms with Gasteiger partial charge in [0.25, 0.3) is 6.17 Å². The molecular weight excluding hydrogens is 614 g/mol. The lowest BCUT2D eigenvalue weighted by atomic mass is 9.79. The van der Waals surface area contributed by atoms with E-state index in [9.17, 15) is 96.6 Å². The average molecular weight is 615 g/mol. The van der Waals surface area contributed by atoms with Crippen LogP contribution in [0, 0.1) is 0 Å². The van der Waals surface area contributed by atoms with Crippen molar-refractivity contribution in [2.75, 3.05) is 0 Å². The fourth-order valence-electron chi connectivity index (χ4n) is 2.50. The number of alkyl halides is 23. The van der Waals surface area contributed by atoms with Crippen molar-refractivity contribution in [2.24, 2.45) is 0 Å². The first-order valence-electron chi connectivity index (χ1n) is 7.61. The zero-order valence-corrected chi connectivity index (χ0v) is 15.9. The van der Waals surface area contributed by atoms with Gasteiger partial charge in [0.05, 0.1) is 0 Å². The van der Waals surface area contributed by atoms with E-state index in [-0.39, 0.29) is 0 Å². The van der Waals surface area contributed by atoms with Gasteiger partial charge in [0.1, 0.15) is 0 Å². The molecule has 0 aromatic rings. The molecule has 1 aliphatic rings. The smallest absolute Gasteiger partial charge is 0.267 e. The maximum absolute atomic E-state index is 14.2. The van der Waals surface area contributed by atoms with Gasteiger partial charge in [-0.05, 0) is 0 Å². The zero-order valence-electron chi connectivity index (χ0n) is 15.2. The molecule has 0 aromatic carbocycles. The Morgan fingerprint density at radius 2 is 0.889 bits per heavy atom. The molecule has 36 heavy (non-hydrogen) atoms. The molecular formula is C12HClF22O. The van der Waals surface area contributed by atoms with Crippen LogP contribution >= 0.6 is 11.6 Å². The maximum Gasteiger partial charge on any atom is 0.455 e. The Balaban J connectivity index is 4.59. The fourth-order valence-corrected chi connectivity index (χ4v) is 2.72. The lowest BCUT2D eigenvalue weighted by Crippen LogP contribution is -2.81. The highest BCUT2D eigenvalue weighted by Gasteiger charge is 3.01. The van der Waals surface area contributed by atoms with Gasteiger partial charge in [-0.15, -0.1) is 0 Å². The highest BCUT2D eigenvalue weighted by molar-refractivity contribution is 6.24. The second kappa shape index (κ2) is 7.64.